The van der Waals surface area contributed by atoms with Crippen molar-refractivity contribution in [3.8, 4) is 5.88 Å². The predicted molar refractivity (Wildman–Crippen MR) is 80.8 cm³/mol. The lowest BCUT2D eigenvalue weighted by molar-refractivity contribution is 0.325. The second-order valence-electron chi connectivity index (χ2n) is 2.62. The van der Waals surface area contributed by atoms with Crippen molar-refractivity contribution >= 4 is 5.70 Å². The normalized spacial score (nSPS) is 8.72. The highest BCUT2D eigenvalue weighted by atomic mass is 16.5. The molecule has 0 aliphatic heterocycles. The van der Waals surface area contributed by atoms with Crippen LogP contribution in [0.4, 0.5) is 0 Å². The Morgan fingerprint density at radius 1 is 1.39 bits per heavy atom. The second-order valence-corrected chi connectivity index (χ2v) is 2.62. The molecular weight excluding hydrogens is 224 g/mol. The molecule has 0 aromatic carbocycles. The molecule has 1 aromatic rings. The molecule has 0 atom stereocenters. The fourth-order valence-electron chi connectivity index (χ4n) is 0.948. The molecule has 102 valence electrons. The Hall–Kier alpha value is -1.77. The summed E-state index contributed by atoms with van der Waals surface area (Å²) in [6.45, 7) is 18.0. The van der Waals surface area contributed by atoms with E-state index in [9.17, 15) is 0 Å². The van der Waals surface area contributed by atoms with E-state index < -0.39 is 0 Å². The number of hydrogen-bond acceptors (Lipinski definition) is 2. The van der Waals surface area contributed by atoms with Crippen molar-refractivity contribution < 1.29 is 4.74 Å². The van der Waals surface area contributed by atoms with Gasteiger partial charge in [0.25, 0.3) is 0 Å². The first-order valence-corrected chi connectivity index (χ1v) is 6.44. The molecule has 1 aromatic heterocycles. The van der Waals surface area contributed by atoms with Gasteiger partial charge in [0, 0.05) is 12.3 Å². The van der Waals surface area contributed by atoms with Crippen molar-refractivity contribution in [3.63, 3.8) is 0 Å². The molecular formula is C15H26N2O. The van der Waals surface area contributed by atoms with Gasteiger partial charge in [-0.05, 0) is 13.0 Å². The standard InChI is InChI=1S/C11H14N2O.2C2H6/c1-4-6-7-10(3)13-9-8-11(12-13)14-5-2;2*1-2/h4,6-9H,1,3,5H2,2H3;2*1-2H3/b7-6-;;. The van der Waals surface area contributed by atoms with Gasteiger partial charge in [-0.3, -0.25) is 0 Å². The number of aromatic nitrogens is 2. The minimum Gasteiger partial charge on any atom is -0.477 e. The minimum atomic E-state index is 0.612. The molecule has 0 N–H and O–H groups in total. The third kappa shape index (κ3) is 7.49. The molecule has 0 aliphatic carbocycles. The van der Waals surface area contributed by atoms with Crippen LogP contribution < -0.4 is 4.74 Å². The summed E-state index contributed by atoms with van der Waals surface area (Å²) in [5, 5.41) is 4.16. The molecule has 0 unspecified atom stereocenters. The molecule has 0 spiro atoms. The lowest BCUT2D eigenvalue weighted by Gasteiger charge is -1.99. The second kappa shape index (κ2) is 13.3. The molecule has 0 aliphatic rings. The molecule has 1 rings (SSSR count). The molecule has 18 heavy (non-hydrogen) atoms. The van der Waals surface area contributed by atoms with Crippen LogP contribution in [0.15, 0.2) is 43.6 Å². The van der Waals surface area contributed by atoms with Gasteiger partial charge in [0.15, 0.2) is 0 Å². The Morgan fingerprint density at radius 3 is 2.50 bits per heavy atom. The van der Waals surface area contributed by atoms with Crippen LogP contribution in [0.5, 0.6) is 5.88 Å². The van der Waals surface area contributed by atoms with Gasteiger partial charge in [0.1, 0.15) is 0 Å². The lowest BCUT2D eigenvalue weighted by Crippen LogP contribution is -1.96. The largest absolute Gasteiger partial charge is 0.477 e. The smallest absolute Gasteiger partial charge is 0.233 e. The molecule has 0 amide bonds. The first-order valence-electron chi connectivity index (χ1n) is 6.44. The molecule has 0 bridgehead atoms. The first kappa shape index (κ1) is 18.6. The maximum Gasteiger partial charge on any atom is 0.233 e. The van der Waals surface area contributed by atoms with Crippen LogP contribution in [-0.2, 0) is 0 Å². The van der Waals surface area contributed by atoms with Crippen LogP contribution in [0.2, 0.25) is 0 Å². The van der Waals surface area contributed by atoms with Crippen LogP contribution in [0.1, 0.15) is 34.6 Å². The van der Waals surface area contributed by atoms with E-state index in [-0.39, 0.29) is 0 Å². The van der Waals surface area contributed by atoms with Crippen molar-refractivity contribution in [2.75, 3.05) is 6.61 Å². The number of ether oxygens (including phenoxy) is 1. The average molecular weight is 250 g/mol. The van der Waals surface area contributed by atoms with Gasteiger partial charge >= 0.3 is 0 Å². The summed E-state index contributed by atoms with van der Waals surface area (Å²) in [7, 11) is 0. The Balaban J connectivity index is 0. The number of nitrogens with zero attached hydrogens (tertiary/aromatic N) is 2. The average Bonchev–Trinajstić information content (AvgIpc) is 2.90. The topological polar surface area (TPSA) is 27.1 Å². The first-order chi connectivity index (χ1) is 8.77. The van der Waals surface area contributed by atoms with Crippen LogP contribution in [0.25, 0.3) is 5.70 Å². The SMILES string of the molecule is C=C/C=C\C(=C)n1ccc(OCC)n1.CC.CC. The Kier molecular flexibility index (Phi) is 13.7. The summed E-state index contributed by atoms with van der Waals surface area (Å²) in [5.74, 6) is 0.612. The van der Waals surface area contributed by atoms with Gasteiger partial charge in [-0.1, -0.05) is 53.0 Å². The Labute approximate surface area is 111 Å². The zero-order valence-electron chi connectivity index (χ0n) is 12.3. The van der Waals surface area contributed by atoms with Crippen LogP contribution in [0, 0.1) is 0 Å². The molecule has 0 radical (unpaired) electrons. The highest BCUT2D eigenvalue weighted by Gasteiger charge is 1.98. The number of rotatable bonds is 5. The maximum absolute atomic E-state index is 5.22. The van der Waals surface area contributed by atoms with Crippen molar-refractivity contribution in [1.82, 2.24) is 9.78 Å². The molecule has 3 nitrogen and oxygen atoms in total. The van der Waals surface area contributed by atoms with Crippen molar-refractivity contribution in [2.45, 2.75) is 34.6 Å². The monoisotopic (exact) mass is 250 g/mol. The molecule has 0 saturated carbocycles. The van der Waals surface area contributed by atoms with Crippen molar-refractivity contribution in [2.24, 2.45) is 0 Å². The maximum atomic E-state index is 5.22. The van der Waals surface area contributed by atoms with E-state index in [1.54, 1.807) is 23.0 Å². The third-order valence-electron chi connectivity index (χ3n) is 1.58. The highest BCUT2D eigenvalue weighted by Crippen LogP contribution is 2.09. The fourth-order valence-corrected chi connectivity index (χ4v) is 0.948. The van der Waals surface area contributed by atoms with Gasteiger partial charge in [-0.15, -0.1) is 5.10 Å². The van der Waals surface area contributed by atoms with Crippen LogP contribution in [0.3, 0.4) is 0 Å². The molecule has 1 heterocycles. The predicted octanol–water partition coefficient (Wildman–Crippen LogP) is 4.55. The minimum absolute atomic E-state index is 0.612. The zero-order valence-corrected chi connectivity index (χ0v) is 12.3. The van der Waals surface area contributed by atoms with Gasteiger partial charge in [-0.25, -0.2) is 4.68 Å². The number of allylic oxidation sites excluding steroid dienone is 4. The molecule has 0 fully saturated rings. The van der Waals surface area contributed by atoms with E-state index in [1.165, 1.54) is 0 Å². The summed E-state index contributed by atoms with van der Waals surface area (Å²) in [6.07, 6.45) is 7.14. The quantitative estimate of drug-likeness (QED) is 0.717. The summed E-state index contributed by atoms with van der Waals surface area (Å²) >= 11 is 0. The van der Waals surface area contributed by atoms with Crippen LogP contribution >= 0.6 is 0 Å². The van der Waals surface area contributed by atoms with Gasteiger partial charge < -0.3 is 4.74 Å². The Bertz CT molecular complexity index is 351. The molecule has 3 heteroatoms. The summed E-state index contributed by atoms with van der Waals surface area (Å²) < 4.78 is 6.88. The number of hydrogen-bond donors (Lipinski definition) is 0. The van der Waals surface area contributed by atoms with E-state index in [1.807, 2.05) is 46.8 Å². The van der Waals surface area contributed by atoms with Crippen LogP contribution in [-0.4, -0.2) is 16.4 Å². The third-order valence-corrected chi connectivity index (χ3v) is 1.58. The van der Waals surface area contributed by atoms with E-state index >= 15 is 0 Å². The summed E-state index contributed by atoms with van der Waals surface area (Å²) in [5.41, 5.74) is 0.774. The van der Waals surface area contributed by atoms with E-state index in [0.29, 0.717) is 12.5 Å². The summed E-state index contributed by atoms with van der Waals surface area (Å²) in [4.78, 5) is 0. The summed E-state index contributed by atoms with van der Waals surface area (Å²) in [6, 6.07) is 1.80. The molecule has 0 saturated heterocycles. The highest BCUT2D eigenvalue weighted by molar-refractivity contribution is 5.53. The Morgan fingerprint density at radius 2 is 2.00 bits per heavy atom. The van der Waals surface area contributed by atoms with Gasteiger partial charge in [-0.2, -0.15) is 0 Å². The zero-order chi connectivity index (χ0) is 14.4. The fraction of sp³-hybridized carbons (Fsp3) is 0.400. The lowest BCUT2D eigenvalue weighted by atomic mass is 10.4. The van der Waals surface area contributed by atoms with E-state index in [0.717, 1.165) is 5.70 Å². The van der Waals surface area contributed by atoms with E-state index in [4.69, 9.17) is 4.74 Å². The van der Waals surface area contributed by atoms with Gasteiger partial charge in [0.05, 0.1) is 12.3 Å². The van der Waals surface area contributed by atoms with E-state index in [2.05, 4.69) is 18.3 Å². The van der Waals surface area contributed by atoms with Crippen molar-refractivity contribution in [1.29, 1.82) is 0 Å². The van der Waals surface area contributed by atoms with Crippen molar-refractivity contribution in [3.05, 3.63) is 43.6 Å². The van der Waals surface area contributed by atoms with Gasteiger partial charge in [0.2, 0.25) is 5.88 Å².